The van der Waals surface area contributed by atoms with Crippen LogP contribution >= 0.6 is 11.8 Å². The van der Waals surface area contributed by atoms with E-state index >= 15 is 0 Å². The topological polar surface area (TPSA) is 54.9 Å². The van der Waals surface area contributed by atoms with Crippen LogP contribution in [0.2, 0.25) is 0 Å². The molecule has 0 radical (unpaired) electrons. The highest BCUT2D eigenvalue weighted by molar-refractivity contribution is 8.00. The molecular weight excluding hydrogens is 390 g/mol. The van der Waals surface area contributed by atoms with Gasteiger partial charge >= 0.3 is 0 Å². The van der Waals surface area contributed by atoms with Crippen molar-refractivity contribution in [2.75, 3.05) is 5.32 Å². The van der Waals surface area contributed by atoms with Gasteiger partial charge in [0.1, 0.15) is 0 Å². The van der Waals surface area contributed by atoms with Crippen molar-refractivity contribution in [2.45, 2.75) is 17.3 Å². The van der Waals surface area contributed by atoms with E-state index in [9.17, 15) is 4.79 Å². The number of benzene rings is 3. The zero-order chi connectivity index (χ0) is 20.8. The fourth-order valence-corrected chi connectivity index (χ4v) is 3.75. The molecule has 148 valence electrons. The van der Waals surface area contributed by atoms with Crippen molar-refractivity contribution in [1.82, 2.24) is 9.97 Å². The van der Waals surface area contributed by atoms with Gasteiger partial charge in [-0.1, -0.05) is 90.6 Å². The highest BCUT2D eigenvalue weighted by Crippen LogP contribution is 2.29. The summed E-state index contributed by atoms with van der Waals surface area (Å²) in [5.41, 5.74) is 4.48. The lowest BCUT2D eigenvalue weighted by Gasteiger charge is -2.13. The first kappa shape index (κ1) is 19.9. The lowest BCUT2D eigenvalue weighted by atomic mass is 10.1. The van der Waals surface area contributed by atoms with E-state index in [0.29, 0.717) is 5.16 Å². The van der Waals surface area contributed by atoms with Gasteiger partial charge in [0.15, 0.2) is 5.16 Å². The van der Waals surface area contributed by atoms with Crippen LogP contribution in [-0.4, -0.2) is 21.1 Å². The minimum absolute atomic E-state index is 0.0822. The van der Waals surface area contributed by atoms with Crippen LogP contribution in [0, 0.1) is 0 Å². The third-order valence-electron chi connectivity index (χ3n) is 4.54. The molecule has 0 aliphatic rings. The Bertz CT molecular complexity index is 1060. The van der Waals surface area contributed by atoms with Crippen LogP contribution in [0.3, 0.4) is 0 Å². The second-order valence-electron chi connectivity index (χ2n) is 6.77. The molecule has 1 N–H and O–H groups in total. The summed E-state index contributed by atoms with van der Waals surface area (Å²) in [6.07, 6.45) is 0. The molecular formula is C25H21N3OS. The average molecular weight is 412 g/mol. The van der Waals surface area contributed by atoms with E-state index in [1.165, 1.54) is 11.8 Å². The molecule has 0 bridgehead atoms. The van der Waals surface area contributed by atoms with Crippen LogP contribution in [-0.2, 0) is 4.79 Å². The Balaban J connectivity index is 1.62. The summed E-state index contributed by atoms with van der Waals surface area (Å²) < 4.78 is 0. The summed E-state index contributed by atoms with van der Waals surface area (Å²) in [6, 6.07) is 31.5. The second-order valence-corrected chi connectivity index (χ2v) is 8.08. The molecule has 30 heavy (non-hydrogen) atoms. The predicted molar refractivity (Wildman–Crippen MR) is 123 cm³/mol. The molecule has 1 atom stereocenters. The van der Waals surface area contributed by atoms with Crippen molar-refractivity contribution >= 4 is 23.4 Å². The third kappa shape index (κ3) is 4.93. The average Bonchev–Trinajstić information content (AvgIpc) is 2.80. The summed E-state index contributed by atoms with van der Waals surface area (Å²) in [6.45, 7) is 1.86. The zero-order valence-corrected chi connectivity index (χ0v) is 17.3. The number of anilines is 1. The number of thioether (sulfide) groups is 1. The number of hydrogen-bond donors (Lipinski definition) is 1. The normalized spacial score (nSPS) is 11.6. The van der Waals surface area contributed by atoms with Crippen molar-refractivity contribution in [2.24, 2.45) is 0 Å². The number of carbonyl (C=O) groups excluding carboxylic acids is 1. The number of rotatable bonds is 6. The summed E-state index contributed by atoms with van der Waals surface area (Å²) in [5.74, 6) is -0.0822. The molecule has 0 saturated heterocycles. The largest absolute Gasteiger partial charge is 0.325 e. The van der Waals surface area contributed by atoms with Crippen LogP contribution in [0.1, 0.15) is 6.92 Å². The van der Waals surface area contributed by atoms with E-state index in [1.54, 1.807) is 0 Å². The molecule has 0 fully saturated rings. The highest BCUT2D eigenvalue weighted by atomic mass is 32.2. The first-order valence-corrected chi connectivity index (χ1v) is 10.6. The van der Waals surface area contributed by atoms with Gasteiger partial charge in [-0.2, -0.15) is 0 Å². The molecule has 0 aliphatic carbocycles. The van der Waals surface area contributed by atoms with Gasteiger partial charge < -0.3 is 5.32 Å². The molecule has 4 rings (SSSR count). The van der Waals surface area contributed by atoms with Gasteiger partial charge in [0.05, 0.1) is 16.6 Å². The van der Waals surface area contributed by atoms with Crippen molar-refractivity contribution in [3.8, 4) is 22.5 Å². The quantitative estimate of drug-likeness (QED) is 0.316. The predicted octanol–water partition coefficient (Wildman–Crippen LogP) is 5.93. The standard InChI is InChI=1S/C25H21N3OS/c1-18(24(29)26-21-15-9-4-10-16-21)30-25-27-22(19-11-5-2-6-12-19)17-23(28-25)20-13-7-3-8-14-20/h2-18H,1H3,(H,26,29)/t18-/m1/s1. The van der Waals surface area contributed by atoms with Gasteiger partial charge in [-0.05, 0) is 25.1 Å². The van der Waals surface area contributed by atoms with E-state index in [-0.39, 0.29) is 11.2 Å². The Labute approximate surface area is 180 Å². The van der Waals surface area contributed by atoms with Crippen LogP contribution < -0.4 is 5.32 Å². The molecule has 5 heteroatoms. The fraction of sp³-hybridized carbons (Fsp3) is 0.0800. The number of carbonyl (C=O) groups is 1. The van der Waals surface area contributed by atoms with Crippen molar-refractivity contribution in [3.63, 3.8) is 0 Å². The number of amides is 1. The van der Waals surface area contributed by atoms with E-state index < -0.39 is 0 Å². The number of aromatic nitrogens is 2. The van der Waals surface area contributed by atoms with E-state index in [0.717, 1.165) is 28.2 Å². The lowest BCUT2D eigenvalue weighted by Crippen LogP contribution is -2.22. The van der Waals surface area contributed by atoms with E-state index in [1.807, 2.05) is 104 Å². The Hall–Kier alpha value is -3.44. The van der Waals surface area contributed by atoms with E-state index in [2.05, 4.69) is 5.32 Å². The Morgan fingerprint density at radius 2 is 1.23 bits per heavy atom. The van der Waals surface area contributed by atoms with Gasteiger partial charge in [0.2, 0.25) is 5.91 Å². The van der Waals surface area contributed by atoms with Gasteiger partial charge in [-0.25, -0.2) is 9.97 Å². The number of nitrogens with one attached hydrogen (secondary N) is 1. The van der Waals surface area contributed by atoms with Crippen LogP contribution in [0.4, 0.5) is 5.69 Å². The summed E-state index contributed by atoms with van der Waals surface area (Å²) >= 11 is 1.35. The molecule has 4 aromatic rings. The van der Waals surface area contributed by atoms with Gasteiger partial charge in [0, 0.05) is 16.8 Å². The first-order chi connectivity index (χ1) is 14.7. The first-order valence-electron chi connectivity index (χ1n) is 9.71. The maximum absolute atomic E-state index is 12.6. The van der Waals surface area contributed by atoms with Crippen LogP contribution in [0.5, 0.6) is 0 Å². The Morgan fingerprint density at radius 1 is 0.767 bits per heavy atom. The van der Waals surface area contributed by atoms with Crippen LogP contribution in [0.15, 0.2) is 102 Å². The summed E-state index contributed by atoms with van der Waals surface area (Å²) in [4.78, 5) is 22.1. The Kier molecular flexibility index (Phi) is 6.20. The zero-order valence-electron chi connectivity index (χ0n) is 16.5. The third-order valence-corrected chi connectivity index (χ3v) is 5.50. The minimum atomic E-state index is -0.347. The molecule has 3 aromatic carbocycles. The number of hydrogen-bond acceptors (Lipinski definition) is 4. The Morgan fingerprint density at radius 3 is 1.73 bits per heavy atom. The molecule has 1 heterocycles. The van der Waals surface area contributed by atoms with Crippen molar-refractivity contribution in [1.29, 1.82) is 0 Å². The van der Waals surface area contributed by atoms with E-state index in [4.69, 9.17) is 9.97 Å². The monoisotopic (exact) mass is 411 g/mol. The SMILES string of the molecule is C[C@@H](Sc1nc(-c2ccccc2)cc(-c2ccccc2)n1)C(=O)Nc1ccccc1. The van der Waals surface area contributed by atoms with Crippen LogP contribution in [0.25, 0.3) is 22.5 Å². The maximum atomic E-state index is 12.6. The lowest BCUT2D eigenvalue weighted by molar-refractivity contribution is -0.115. The fourth-order valence-electron chi connectivity index (χ4n) is 2.97. The molecule has 0 spiro atoms. The summed E-state index contributed by atoms with van der Waals surface area (Å²) in [5, 5.41) is 3.17. The van der Waals surface area contributed by atoms with Gasteiger partial charge in [0.25, 0.3) is 0 Å². The van der Waals surface area contributed by atoms with Crippen molar-refractivity contribution < 1.29 is 4.79 Å². The minimum Gasteiger partial charge on any atom is -0.325 e. The maximum Gasteiger partial charge on any atom is 0.237 e. The van der Waals surface area contributed by atoms with Gasteiger partial charge in [-0.3, -0.25) is 4.79 Å². The smallest absolute Gasteiger partial charge is 0.237 e. The number of para-hydroxylation sites is 1. The molecule has 0 saturated carbocycles. The molecule has 0 unspecified atom stereocenters. The van der Waals surface area contributed by atoms with Crippen molar-refractivity contribution in [3.05, 3.63) is 97.1 Å². The second kappa shape index (κ2) is 9.37. The van der Waals surface area contributed by atoms with Gasteiger partial charge in [-0.15, -0.1) is 0 Å². The highest BCUT2D eigenvalue weighted by Gasteiger charge is 2.18. The summed E-state index contributed by atoms with van der Waals surface area (Å²) in [7, 11) is 0. The molecule has 4 nitrogen and oxygen atoms in total. The molecule has 1 amide bonds. The number of nitrogens with zero attached hydrogens (tertiary/aromatic N) is 2. The molecule has 1 aromatic heterocycles. The molecule has 0 aliphatic heterocycles.